The van der Waals surface area contributed by atoms with Gasteiger partial charge in [-0.05, 0) is 57.8 Å². The van der Waals surface area contributed by atoms with Crippen molar-refractivity contribution in [3.63, 3.8) is 0 Å². The van der Waals surface area contributed by atoms with Gasteiger partial charge in [0.2, 0.25) is 0 Å². The lowest BCUT2D eigenvalue weighted by Crippen LogP contribution is -1.92. The number of nitrogens with one attached hydrogen (secondary N) is 1. The molecule has 6 aromatic carbocycles. The van der Waals surface area contributed by atoms with Gasteiger partial charge in [-0.1, -0.05) is 90.5 Å². The third-order valence-electron chi connectivity index (χ3n) is 7.17. The van der Waals surface area contributed by atoms with Crippen molar-refractivity contribution >= 4 is 55.0 Å². The van der Waals surface area contributed by atoms with Crippen LogP contribution in [0.25, 0.3) is 65.6 Å². The highest BCUT2D eigenvalue weighted by atomic mass is 35.5. The summed E-state index contributed by atoms with van der Waals surface area (Å²) in [5, 5.41) is 8.06. The first kappa shape index (κ1) is 21.0. The Bertz CT molecular complexity index is 1920. The van der Waals surface area contributed by atoms with Crippen LogP contribution in [0.5, 0.6) is 5.75 Å². The number of para-hydroxylation sites is 1. The number of ether oxygens (including phenoxy) is 1. The summed E-state index contributed by atoms with van der Waals surface area (Å²) in [7, 11) is 1.70. The zero-order chi connectivity index (χ0) is 24.2. The molecule has 2 nitrogen and oxygen atoms in total. The fraction of sp³-hybridized carbons (Fsp3) is 0.0303. The first-order valence-electron chi connectivity index (χ1n) is 12.0. The summed E-state index contributed by atoms with van der Waals surface area (Å²) >= 11 is 6.34. The van der Waals surface area contributed by atoms with Gasteiger partial charge in [0.05, 0.1) is 12.6 Å². The molecule has 1 aromatic heterocycles. The maximum Gasteiger partial charge on any atom is 0.118 e. The van der Waals surface area contributed by atoms with E-state index < -0.39 is 0 Å². The average Bonchev–Trinajstić information content (AvgIpc) is 3.32. The predicted molar refractivity (Wildman–Crippen MR) is 153 cm³/mol. The van der Waals surface area contributed by atoms with Crippen LogP contribution in [0.2, 0.25) is 5.02 Å². The first-order valence-corrected chi connectivity index (χ1v) is 12.4. The van der Waals surface area contributed by atoms with E-state index >= 15 is 0 Å². The minimum atomic E-state index is 0.729. The van der Waals surface area contributed by atoms with Crippen molar-refractivity contribution in [3.8, 4) is 28.0 Å². The molecule has 3 heteroatoms. The fourth-order valence-corrected chi connectivity index (χ4v) is 5.68. The monoisotopic (exact) mass is 483 g/mol. The molecule has 0 aliphatic carbocycles. The molecule has 36 heavy (non-hydrogen) atoms. The highest BCUT2D eigenvalue weighted by Crippen LogP contribution is 2.49. The standard InChI is InChI=1S/C33H22ClNO/c1-36-24-17-12-22(13-18-24)30-29(21-10-15-23(34)16-11-21)31-25-7-3-2-6-20(25)14-19-27(31)33-32(30)26-8-4-5-9-28(26)35-33/h2-19,35H,1H3. The topological polar surface area (TPSA) is 25.0 Å². The van der Waals surface area contributed by atoms with Crippen molar-refractivity contribution in [1.29, 1.82) is 0 Å². The SMILES string of the molecule is COc1ccc(-c2c(-c3ccc(Cl)cc3)c3c4ccccc4ccc3c3[nH]c4ccccc4c23)cc1. The molecule has 0 fully saturated rings. The van der Waals surface area contributed by atoms with Gasteiger partial charge in [0, 0.05) is 37.6 Å². The molecule has 0 saturated heterocycles. The lowest BCUT2D eigenvalue weighted by atomic mass is 9.84. The maximum absolute atomic E-state index is 6.34. The van der Waals surface area contributed by atoms with Gasteiger partial charge in [-0.2, -0.15) is 0 Å². The van der Waals surface area contributed by atoms with Gasteiger partial charge < -0.3 is 9.72 Å². The number of rotatable bonds is 3. The zero-order valence-electron chi connectivity index (χ0n) is 19.7. The Hall–Kier alpha value is -4.27. The van der Waals surface area contributed by atoms with E-state index in [1.165, 1.54) is 43.4 Å². The predicted octanol–water partition coefficient (Wildman–Crippen LogP) is 9.62. The van der Waals surface area contributed by atoms with Crippen LogP contribution in [0, 0.1) is 0 Å². The van der Waals surface area contributed by atoms with Crippen molar-refractivity contribution in [2.45, 2.75) is 0 Å². The van der Waals surface area contributed by atoms with Crippen LogP contribution in [-0.2, 0) is 0 Å². The van der Waals surface area contributed by atoms with E-state index in [2.05, 4.69) is 89.9 Å². The van der Waals surface area contributed by atoms with Crippen molar-refractivity contribution < 1.29 is 4.74 Å². The minimum Gasteiger partial charge on any atom is -0.497 e. The normalized spacial score (nSPS) is 11.6. The molecular formula is C33H22ClNO. The van der Waals surface area contributed by atoms with E-state index in [1.54, 1.807) is 7.11 Å². The molecular weight excluding hydrogens is 462 g/mol. The van der Waals surface area contributed by atoms with Crippen molar-refractivity contribution in [3.05, 3.63) is 114 Å². The molecule has 7 aromatic rings. The number of halogens is 1. The number of aromatic amines is 1. The van der Waals surface area contributed by atoms with Gasteiger partial charge in [0.15, 0.2) is 0 Å². The van der Waals surface area contributed by atoms with Crippen LogP contribution >= 0.6 is 11.6 Å². The van der Waals surface area contributed by atoms with Gasteiger partial charge in [0.25, 0.3) is 0 Å². The zero-order valence-corrected chi connectivity index (χ0v) is 20.4. The largest absolute Gasteiger partial charge is 0.497 e. The molecule has 0 unspecified atom stereocenters. The molecule has 7 rings (SSSR count). The summed E-state index contributed by atoms with van der Waals surface area (Å²) in [6.07, 6.45) is 0. The minimum absolute atomic E-state index is 0.729. The van der Waals surface area contributed by atoms with Crippen molar-refractivity contribution in [1.82, 2.24) is 4.98 Å². The van der Waals surface area contributed by atoms with Gasteiger partial charge in [-0.3, -0.25) is 0 Å². The summed E-state index contributed by atoms with van der Waals surface area (Å²) in [6.45, 7) is 0. The second-order valence-corrected chi connectivity index (χ2v) is 9.55. The van der Waals surface area contributed by atoms with Crippen molar-refractivity contribution in [2.75, 3.05) is 7.11 Å². The van der Waals surface area contributed by atoms with E-state index in [1.807, 2.05) is 24.3 Å². The number of H-pyrrole nitrogens is 1. The smallest absolute Gasteiger partial charge is 0.118 e. The quantitative estimate of drug-likeness (QED) is 0.248. The Balaban J connectivity index is 1.79. The van der Waals surface area contributed by atoms with Crippen molar-refractivity contribution in [2.24, 2.45) is 0 Å². The molecule has 172 valence electrons. The van der Waals surface area contributed by atoms with Gasteiger partial charge in [-0.25, -0.2) is 0 Å². The highest BCUT2D eigenvalue weighted by Gasteiger charge is 2.22. The molecule has 0 aliphatic rings. The van der Waals surface area contributed by atoms with Crippen LogP contribution in [0.3, 0.4) is 0 Å². The van der Waals surface area contributed by atoms with E-state index in [0.29, 0.717) is 0 Å². The second-order valence-electron chi connectivity index (χ2n) is 9.12. The van der Waals surface area contributed by atoms with E-state index in [0.717, 1.165) is 32.9 Å². The lowest BCUT2D eigenvalue weighted by Gasteiger charge is -2.19. The third kappa shape index (κ3) is 3.12. The Labute approximate surface area is 213 Å². The lowest BCUT2D eigenvalue weighted by molar-refractivity contribution is 0.415. The van der Waals surface area contributed by atoms with E-state index in [9.17, 15) is 0 Å². The number of hydrogen-bond acceptors (Lipinski definition) is 1. The van der Waals surface area contributed by atoms with Crippen LogP contribution in [-0.4, -0.2) is 12.1 Å². The number of hydrogen-bond donors (Lipinski definition) is 1. The highest BCUT2D eigenvalue weighted by molar-refractivity contribution is 6.33. The summed E-state index contributed by atoms with van der Waals surface area (Å²) in [6, 6.07) is 38.3. The molecule has 0 aliphatic heterocycles. The molecule has 1 N–H and O–H groups in total. The molecule has 0 bridgehead atoms. The van der Waals surface area contributed by atoms with Gasteiger partial charge in [-0.15, -0.1) is 0 Å². The van der Waals surface area contributed by atoms with Crippen LogP contribution in [0.15, 0.2) is 109 Å². The van der Waals surface area contributed by atoms with Crippen LogP contribution in [0.1, 0.15) is 0 Å². The molecule has 0 radical (unpaired) electrons. The van der Waals surface area contributed by atoms with Crippen LogP contribution in [0.4, 0.5) is 0 Å². The summed E-state index contributed by atoms with van der Waals surface area (Å²) in [5.74, 6) is 0.841. The number of benzene rings is 6. The van der Waals surface area contributed by atoms with E-state index in [-0.39, 0.29) is 0 Å². The van der Waals surface area contributed by atoms with Crippen LogP contribution < -0.4 is 4.74 Å². The molecule has 0 atom stereocenters. The Morgan fingerprint density at radius 1 is 0.583 bits per heavy atom. The number of aromatic nitrogens is 1. The Morgan fingerprint density at radius 3 is 1.97 bits per heavy atom. The molecule has 0 spiro atoms. The van der Waals surface area contributed by atoms with Gasteiger partial charge >= 0.3 is 0 Å². The molecule has 0 saturated carbocycles. The Morgan fingerprint density at radius 2 is 1.22 bits per heavy atom. The maximum atomic E-state index is 6.34. The van der Waals surface area contributed by atoms with Gasteiger partial charge in [0.1, 0.15) is 5.75 Å². The summed E-state index contributed by atoms with van der Waals surface area (Å²) in [5.41, 5.74) is 6.98. The third-order valence-corrected chi connectivity index (χ3v) is 7.42. The Kier molecular flexibility index (Phi) is 4.77. The average molecular weight is 484 g/mol. The first-order chi connectivity index (χ1) is 17.7. The fourth-order valence-electron chi connectivity index (χ4n) is 5.55. The summed E-state index contributed by atoms with van der Waals surface area (Å²) < 4.78 is 5.48. The second kappa shape index (κ2) is 8.15. The molecule has 1 heterocycles. The van der Waals surface area contributed by atoms with E-state index in [4.69, 9.17) is 16.3 Å². The molecule has 0 amide bonds. The number of methoxy groups -OCH3 is 1. The number of fused-ring (bicyclic) bond motifs is 7. The summed E-state index contributed by atoms with van der Waals surface area (Å²) in [4.78, 5) is 3.76.